The molecule has 2 rings (SSSR count). The number of anilines is 3. The standard InChI is InChI=1S/C6H9N5/c1-11-6-5(9-10-11)4(7)2-3-8-6/h2-3,9-10H,1H3,(H2,7,8). The molecule has 0 saturated carbocycles. The molecular weight excluding hydrogens is 142 g/mol. The lowest BCUT2D eigenvalue weighted by atomic mass is 10.3. The van der Waals surface area contributed by atoms with E-state index >= 15 is 0 Å². The van der Waals surface area contributed by atoms with Crippen LogP contribution in [0.5, 0.6) is 0 Å². The molecule has 1 aliphatic rings. The first-order valence-corrected chi connectivity index (χ1v) is 3.29. The highest BCUT2D eigenvalue weighted by atomic mass is 15.7. The van der Waals surface area contributed by atoms with E-state index in [0.717, 1.165) is 11.5 Å². The molecule has 4 N–H and O–H groups in total. The van der Waals surface area contributed by atoms with Gasteiger partial charge in [0.05, 0.1) is 5.69 Å². The van der Waals surface area contributed by atoms with E-state index in [1.165, 1.54) is 0 Å². The number of nitrogens with one attached hydrogen (secondary N) is 2. The van der Waals surface area contributed by atoms with Gasteiger partial charge in [0.1, 0.15) is 5.69 Å². The lowest BCUT2D eigenvalue weighted by molar-refractivity contribution is 0.810. The second-order valence-electron chi connectivity index (χ2n) is 2.39. The minimum Gasteiger partial charge on any atom is -0.397 e. The predicted octanol–water partition coefficient (Wildman–Crippen LogP) is -0.0549. The summed E-state index contributed by atoms with van der Waals surface area (Å²) in [6.07, 6.45) is 1.68. The molecule has 2 heterocycles. The van der Waals surface area contributed by atoms with Crippen LogP contribution in [-0.2, 0) is 0 Å². The Balaban J connectivity index is 2.57. The molecule has 0 radical (unpaired) electrons. The monoisotopic (exact) mass is 151 g/mol. The molecule has 1 aromatic rings. The molecule has 1 aliphatic heterocycles. The Morgan fingerprint density at radius 2 is 2.45 bits per heavy atom. The molecule has 5 nitrogen and oxygen atoms in total. The minimum absolute atomic E-state index is 0.701. The zero-order chi connectivity index (χ0) is 7.84. The fraction of sp³-hybridized carbons (Fsp3) is 0.167. The van der Waals surface area contributed by atoms with Gasteiger partial charge in [-0.05, 0) is 6.07 Å². The first kappa shape index (κ1) is 6.23. The van der Waals surface area contributed by atoms with Crippen molar-refractivity contribution in [3.8, 4) is 0 Å². The van der Waals surface area contributed by atoms with Crippen molar-refractivity contribution in [1.29, 1.82) is 0 Å². The maximum absolute atomic E-state index is 5.66. The lowest BCUT2D eigenvalue weighted by Gasteiger charge is -2.07. The average Bonchev–Trinajstić information content (AvgIpc) is 2.35. The summed E-state index contributed by atoms with van der Waals surface area (Å²) >= 11 is 0. The second-order valence-corrected chi connectivity index (χ2v) is 2.39. The predicted molar refractivity (Wildman–Crippen MR) is 43.8 cm³/mol. The first-order chi connectivity index (χ1) is 5.29. The molecule has 0 atom stereocenters. The maximum atomic E-state index is 5.66. The highest BCUT2D eigenvalue weighted by Crippen LogP contribution is 2.29. The number of fused-ring (bicyclic) bond motifs is 1. The van der Waals surface area contributed by atoms with Gasteiger partial charge in [-0.3, -0.25) is 10.4 Å². The third-order valence-corrected chi connectivity index (χ3v) is 1.63. The smallest absolute Gasteiger partial charge is 0.171 e. The lowest BCUT2D eigenvalue weighted by Crippen LogP contribution is -2.32. The van der Waals surface area contributed by atoms with Crippen LogP contribution in [0, 0.1) is 0 Å². The zero-order valence-corrected chi connectivity index (χ0v) is 6.13. The Labute approximate surface area is 64.1 Å². The number of aromatic nitrogens is 1. The van der Waals surface area contributed by atoms with Crippen LogP contribution in [0.25, 0.3) is 0 Å². The number of hydrogen-bond acceptors (Lipinski definition) is 5. The number of rotatable bonds is 0. The third-order valence-electron chi connectivity index (χ3n) is 1.63. The van der Waals surface area contributed by atoms with Crippen LogP contribution in [0.4, 0.5) is 17.2 Å². The van der Waals surface area contributed by atoms with Crippen LogP contribution < -0.4 is 21.7 Å². The van der Waals surface area contributed by atoms with E-state index in [0.29, 0.717) is 5.69 Å². The fourth-order valence-corrected chi connectivity index (χ4v) is 1.04. The minimum atomic E-state index is 0.701. The van der Waals surface area contributed by atoms with Gasteiger partial charge >= 0.3 is 0 Å². The summed E-state index contributed by atoms with van der Waals surface area (Å²) < 4.78 is 0. The van der Waals surface area contributed by atoms with E-state index in [4.69, 9.17) is 5.73 Å². The van der Waals surface area contributed by atoms with Gasteiger partial charge in [0.15, 0.2) is 5.82 Å². The van der Waals surface area contributed by atoms with Crippen molar-refractivity contribution in [2.75, 3.05) is 23.2 Å². The third kappa shape index (κ3) is 0.779. The van der Waals surface area contributed by atoms with Crippen LogP contribution in [-0.4, -0.2) is 12.0 Å². The topological polar surface area (TPSA) is 66.2 Å². The summed E-state index contributed by atoms with van der Waals surface area (Å²) in [5.41, 5.74) is 13.0. The zero-order valence-electron chi connectivity index (χ0n) is 6.13. The molecule has 58 valence electrons. The normalized spacial score (nSPS) is 14.5. The Bertz CT molecular complexity index is 284. The fourth-order valence-electron chi connectivity index (χ4n) is 1.04. The Hall–Kier alpha value is -1.49. The SMILES string of the molecule is CN1NNc2c(N)ccnc21. The molecule has 0 fully saturated rings. The molecule has 0 aromatic carbocycles. The Kier molecular flexibility index (Phi) is 1.13. The molecule has 0 spiro atoms. The van der Waals surface area contributed by atoms with Crippen LogP contribution in [0.2, 0.25) is 0 Å². The van der Waals surface area contributed by atoms with Gasteiger partial charge in [-0.25, -0.2) is 4.98 Å². The number of nitrogen functional groups attached to an aromatic ring is 1. The Morgan fingerprint density at radius 3 is 3.18 bits per heavy atom. The summed E-state index contributed by atoms with van der Waals surface area (Å²) in [6, 6.07) is 1.76. The highest BCUT2D eigenvalue weighted by molar-refractivity contribution is 5.80. The van der Waals surface area contributed by atoms with Crippen molar-refractivity contribution in [2.24, 2.45) is 0 Å². The summed E-state index contributed by atoms with van der Waals surface area (Å²) in [5.74, 6) is 0.824. The van der Waals surface area contributed by atoms with Gasteiger partial charge in [0.25, 0.3) is 0 Å². The van der Waals surface area contributed by atoms with Crippen molar-refractivity contribution >= 4 is 17.2 Å². The molecule has 0 aliphatic carbocycles. The molecule has 0 saturated heterocycles. The van der Waals surface area contributed by atoms with Crippen molar-refractivity contribution in [2.45, 2.75) is 0 Å². The van der Waals surface area contributed by atoms with Crippen LogP contribution in [0.15, 0.2) is 12.3 Å². The molecular formula is C6H9N5. The van der Waals surface area contributed by atoms with Gasteiger partial charge in [0.2, 0.25) is 0 Å². The van der Waals surface area contributed by atoms with Crippen LogP contribution in [0.3, 0.4) is 0 Å². The van der Waals surface area contributed by atoms with E-state index in [-0.39, 0.29) is 0 Å². The molecule has 0 bridgehead atoms. The van der Waals surface area contributed by atoms with Gasteiger partial charge in [-0.15, -0.1) is 5.53 Å². The van der Waals surface area contributed by atoms with Gasteiger partial charge in [-0.1, -0.05) is 0 Å². The molecule has 1 aromatic heterocycles. The summed E-state index contributed by atoms with van der Waals surface area (Å²) in [6.45, 7) is 0. The molecule has 5 heteroatoms. The summed E-state index contributed by atoms with van der Waals surface area (Å²) in [7, 11) is 1.87. The number of nitrogens with zero attached hydrogens (tertiary/aromatic N) is 2. The van der Waals surface area contributed by atoms with E-state index in [1.54, 1.807) is 17.3 Å². The van der Waals surface area contributed by atoms with Crippen molar-refractivity contribution in [3.63, 3.8) is 0 Å². The highest BCUT2D eigenvalue weighted by Gasteiger charge is 2.17. The first-order valence-electron chi connectivity index (χ1n) is 3.29. The molecule has 0 amide bonds. The number of nitrogens with two attached hydrogens (primary N) is 1. The van der Waals surface area contributed by atoms with Gasteiger partial charge in [0, 0.05) is 13.2 Å². The summed E-state index contributed by atoms with van der Waals surface area (Å²) in [4.78, 5) is 4.12. The van der Waals surface area contributed by atoms with Crippen LogP contribution >= 0.6 is 0 Å². The van der Waals surface area contributed by atoms with E-state index < -0.39 is 0 Å². The number of hydrogen-bond donors (Lipinski definition) is 3. The van der Waals surface area contributed by atoms with Gasteiger partial charge < -0.3 is 5.73 Å². The average molecular weight is 151 g/mol. The van der Waals surface area contributed by atoms with Crippen molar-refractivity contribution in [3.05, 3.63) is 12.3 Å². The number of pyridine rings is 1. The summed E-state index contributed by atoms with van der Waals surface area (Å²) in [5, 5.41) is 1.77. The largest absolute Gasteiger partial charge is 0.397 e. The molecule has 11 heavy (non-hydrogen) atoms. The van der Waals surface area contributed by atoms with Gasteiger partial charge in [-0.2, -0.15) is 0 Å². The number of hydrazine groups is 2. The van der Waals surface area contributed by atoms with Crippen LogP contribution in [0.1, 0.15) is 0 Å². The quantitative estimate of drug-likeness (QED) is 0.485. The second kappa shape index (κ2) is 2.00. The maximum Gasteiger partial charge on any atom is 0.171 e. The van der Waals surface area contributed by atoms with Crippen molar-refractivity contribution < 1.29 is 0 Å². The van der Waals surface area contributed by atoms with E-state index in [1.807, 2.05) is 7.05 Å². The Morgan fingerprint density at radius 1 is 1.64 bits per heavy atom. The van der Waals surface area contributed by atoms with E-state index in [2.05, 4.69) is 15.9 Å². The van der Waals surface area contributed by atoms with Crippen molar-refractivity contribution in [1.82, 2.24) is 10.5 Å². The van der Waals surface area contributed by atoms with E-state index in [9.17, 15) is 0 Å². The molecule has 0 unspecified atom stereocenters.